The standard InChI is InChI=1S/C19H17ClN2O3S2/c20-15-4-2-1-3-14(15)18-7-8-22(9-10-27(18,24)25)19(23)13-5-6-16-17(11-13)26-12-21-16/h1-6,11-12,18H,7-10H2. The van der Waals surface area contributed by atoms with Crippen LogP contribution in [0, 0.1) is 0 Å². The van der Waals surface area contributed by atoms with Crippen LogP contribution >= 0.6 is 22.9 Å². The average molecular weight is 421 g/mol. The van der Waals surface area contributed by atoms with Crippen LogP contribution in [0.2, 0.25) is 5.02 Å². The average Bonchev–Trinajstić information content (AvgIpc) is 3.06. The van der Waals surface area contributed by atoms with Crippen molar-refractivity contribution >= 4 is 48.9 Å². The maximum atomic E-state index is 12.9. The molecule has 0 radical (unpaired) electrons. The van der Waals surface area contributed by atoms with E-state index in [1.807, 2.05) is 12.1 Å². The number of halogens is 1. The van der Waals surface area contributed by atoms with Crippen LogP contribution in [0.1, 0.15) is 27.6 Å². The van der Waals surface area contributed by atoms with Gasteiger partial charge in [0, 0.05) is 23.7 Å². The highest BCUT2D eigenvalue weighted by molar-refractivity contribution is 7.91. The first-order valence-electron chi connectivity index (χ1n) is 8.54. The molecule has 1 atom stereocenters. The van der Waals surface area contributed by atoms with Crippen LogP contribution in [-0.2, 0) is 9.84 Å². The van der Waals surface area contributed by atoms with Crippen LogP contribution in [0.25, 0.3) is 10.2 Å². The predicted octanol–water partition coefficient (Wildman–Crippen LogP) is 3.95. The van der Waals surface area contributed by atoms with Gasteiger partial charge >= 0.3 is 0 Å². The maximum Gasteiger partial charge on any atom is 0.253 e. The molecule has 4 rings (SSSR count). The molecule has 1 saturated heterocycles. The lowest BCUT2D eigenvalue weighted by Crippen LogP contribution is -2.33. The van der Waals surface area contributed by atoms with Crippen molar-refractivity contribution in [3.05, 3.63) is 64.1 Å². The van der Waals surface area contributed by atoms with Gasteiger partial charge in [-0.25, -0.2) is 13.4 Å². The summed E-state index contributed by atoms with van der Waals surface area (Å²) in [5, 5.41) is -0.241. The topological polar surface area (TPSA) is 67.3 Å². The Morgan fingerprint density at radius 1 is 1.19 bits per heavy atom. The number of benzene rings is 2. The number of aromatic nitrogens is 1. The van der Waals surface area contributed by atoms with Crippen molar-refractivity contribution in [3.63, 3.8) is 0 Å². The van der Waals surface area contributed by atoms with E-state index in [4.69, 9.17) is 11.6 Å². The Labute approximate surface area is 166 Å². The zero-order chi connectivity index (χ0) is 19.0. The maximum absolute atomic E-state index is 12.9. The number of hydrogen-bond acceptors (Lipinski definition) is 5. The minimum Gasteiger partial charge on any atom is -0.338 e. The number of fused-ring (bicyclic) bond motifs is 1. The largest absolute Gasteiger partial charge is 0.338 e. The molecule has 2 aromatic carbocycles. The van der Waals surface area contributed by atoms with Crippen LogP contribution < -0.4 is 0 Å². The quantitative estimate of drug-likeness (QED) is 0.629. The monoisotopic (exact) mass is 420 g/mol. The fraction of sp³-hybridized carbons (Fsp3) is 0.263. The van der Waals surface area contributed by atoms with Gasteiger partial charge < -0.3 is 4.90 Å². The van der Waals surface area contributed by atoms with E-state index in [1.165, 1.54) is 11.3 Å². The molecule has 8 heteroatoms. The van der Waals surface area contributed by atoms with E-state index in [1.54, 1.807) is 40.7 Å². The number of thiazole rings is 1. The number of carbonyl (C=O) groups is 1. The SMILES string of the molecule is O=C(c1ccc2ncsc2c1)N1CCC(c2ccccc2Cl)S(=O)(=O)CC1. The van der Waals surface area contributed by atoms with Gasteiger partial charge in [0.25, 0.3) is 5.91 Å². The molecule has 1 aliphatic rings. The Kier molecular flexibility index (Phi) is 4.92. The predicted molar refractivity (Wildman–Crippen MR) is 108 cm³/mol. The summed E-state index contributed by atoms with van der Waals surface area (Å²) in [6, 6.07) is 12.4. The number of carbonyl (C=O) groups excluding carboxylic acids is 1. The molecule has 27 heavy (non-hydrogen) atoms. The van der Waals surface area contributed by atoms with Gasteiger partial charge in [-0.15, -0.1) is 11.3 Å². The van der Waals surface area contributed by atoms with Crippen molar-refractivity contribution < 1.29 is 13.2 Å². The van der Waals surface area contributed by atoms with Crippen LogP contribution in [0.3, 0.4) is 0 Å². The highest BCUT2D eigenvalue weighted by Gasteiger charge is 2.34. The number of hydrogen-bond donors (Lipinski definition) is 0. The second kappa shape index (κ2) is 7.22. The molecule has 1 fully saturated rings. The Bertz CT molecular complexity index is 1110. The molecule has 0 aliphatic carbocycles. The molecule has 0 spiro atoms. The Hall–Kier alpha value is -1.96. The summed E-state index contributed by atoms with van der Waals surface area (Å²) >= 11 is 7.70. The zero-order valence-corrected chi connectivity index (χ0v) is 16.7. The summed E-state index contributed by atoms with van der Waals surface area (Å²) in [7, 11) is -3.40. The van der Waals surface area contributed by atoms with Crippen LogP contribution in [0.15, 0.2) is 48.0 Å². The van der Waals surface area contributed by atoms with Gasteiger partial charge in [-0.3, -0.25) is 4.79 Å². The number of nitrogens with zero attached hydrogens (tertiary/aromatic N) is 2. The van der Waals surface area contributed by atoms with E-state index in [-0.39, 0.29) is 18.2 Å². The van der Waals surface area contributed by atoms with Gasteiger partial charge in [-0.2, -0.15) is 0 Å². The van der Waals surface area contributed by atoms with Crippen molar-refractivity contribution in [2.45, 2.75) is 11.7 Å². The van der Waals surface area contributed by atoms with E-state index in [2.05, 4.69) is 4.98 Å². The molecule has 0 bridgehead atoms. The third-order valence-electron chi connectivity index (χ3n) is 4.86. The highest BCUT2D eigenvalue weighted by Crippen LogP contribution is 2.34. The molecule has 0 N–H and O–H groups in total. The summed E-state index contributed by atoms with van der Waals surface area (Å²) in [5.41, 5.74) is 3.76. The number of amides is 1. The van der Waals surface area contributed by atoms with Crippen molar-refractivity contribution in [1.82, 2.24) is 9.88 Å². The number of rotatable bonds is 2. The van der Waals surface area contributed by atoms with Gasteiger partial charge in [0.05, 0.1) is 26.7 Å². The molecule has 1 amide bonds. The Morgan fingerprint density at radius 2 is 2.00 bits per heavy atom. The van der Waals surface area contributed by atoms with E-state index >= 15 is 0 Å². The zero-order valence-electron chi connectivity index (χ0n) is 14.3. The molecule has 140 valence electrons. The number of sulfone groups is 1. The molecule has 1 unspecified atom stereocenters. The van der Waals surface area contributed by atoms with Crippen LogP contribution in [0.5, 0.6) is 0 Å². The van der Waals surface area contributed by atoms with E-state index in [9.17, 15) is 13.2 Å². The lowest BCUT2D eigenvalue weighted by Gasteiger charge is -2.20. The normalized spacial score (nSPS) is 19.7. The van der Waals surface area contributed by atoms with E-state index in [0.29, 0.717) is 29.1 Å². The summed E-state index contributed by atoms with van der Waals surface area (Å²) in [4.78, 5) is 18.8. The molecular weight excluding hydrogens is 404 g/mol. The van der Waals surface area contributed by atoms with Crippen LogP contribution in [-0.4, -0.2) is 43.1 Å². The summed E-state index contributed by atoms with van der Waals surface area (Å²) in [5.74, 6) is -0.224. The van der Waals surface area contributed by atoms with Crippen molar-refractivity contribution in [3.8, 4) is 0 Å². The lowest BCUT2D eigenvalue weighted by molar-refractivity contribution is 0.0767. The first-order chi connectivity index (χ1) is 13.0. The fourth-order valence-electron chi connectivity index (χ4n) is 3.40. The van der Waals surface area contributed by atoms with Gasteiger partial charge in [0.2, 0.25) is 0 Å². The molecule has 5 nitrogen and oxygen atoms in total. The summed E-state index contributed by atoms with van der Waals surface area (Å²) in [6.07, 6.45) is 0.334. The highest BCUT2D eigenvalue weighted by atomic mass is 35.5. The second-order valence-electron chi connectivity index (χ2n) is 6.49. The minimum absolute atomic E-state index is 0.0720. The van der Waals surface area contributed by atoms with Crippen molar-refractivity contribution in [2.75, 3.05) is 18.8 Å². The third kappa shape index (κ3) is 3.59. The smallest absolute Gasteiger partial charge is 0.253 e. The van der Waals surface area contributed by atoms with Gasteiger partial charge in [-0.1, -0.05) is 29.8 Å². The van der Waals surface area contributed by atoms with Gasteiger partial charge in [0.1, 0.15) is 0 Å². The van der Waals surface area contributed by atoms with E-state index < -0.39 is 15.1 Å². The van der Waals surface area contributed by atoms with Gasteiger partial charge in [-0.05, 0) is 36.2 Å². The molecule has 0 saturated carbocycles. The van der Waals surface area contributed by atoms with E-state index in [0.717, 1.165) is 10.2 Å². The third-order valence-corrected chi connectivity index (χ3v) is 8.10. The molecule has 1 aliphatic heterocycles. The molecule has 3 aromatic rings. The second-order valence-corrected chi connectivity index (χ2v) is 10.1. The van der Waals surface area contributed by atoms with Crippen molar-refractivity contribution in [1.29, 1.82) is 0 Å². The Morgan fingerprint density at radius 3 is 2.81 bits per heavy atom. The summed E-state index contributed by atoms with van der Waals surface area (Å²) in [6.45, 7) is 0.553. The molecule has 2 heterocycles. The molecule has 1 aromatic heterocycles. The minimum atomic E-state index is -3.40. The van der Waals surface area contributed by atoms with Crippen LogP contribution in [0.4, 0.5) is 0 Å². The van der Waals surface area contributed by atoms with Gasteiger partial charge in [0.15, 0.2) is 9.84 Å². The lowest BCUT2D eigenvalue weighted by atomic mass is 10.1. The first-order valence-corrected chi connectivity index (χ1v) is 11.5. The van der Waals surface area contributed by atoms with Crippen molar-refractivity contribution in [2.24, 2.45) is 0 Å². The fourth-order valence-corrected chi connectivity index (χ4v) is 6.27. The molecular formula is C19H17ClN2O3S2. The Balaban J connectivity index is 1.60. The first kappa shape index (κ1) is 18.4. The summed E-state index contributed by atoms with van der Waals surface area (Å²) < 4.78 is 26.5.